The van der Waals surface area contributed by atoms with Crippen LogP contribution in [0.4, 0.5) is 0 Å². The molecule has 1 fully saturated rings. The number of esters is 1. The maximum atomic E-state index is 11.8. The number of carbonyl (C=O) groups excluding carboxylic acids is 1. The van der Waals surface area contributed by atoms with Gasteiger partial charge in [-0.05, 0) is 38.5 Å². The fraction of sp³-hybridized carbons (Fsp3) is 0.679. The first kappa shape index (κ1) is 33.2. The van der Waals surface area contributed by atoms with Crippen LogP contribution < -0.4 is 0 Å². The lowest BCUT2D eigenvalue weighted by Crippen LogP contribution is -2.59. The number of aliphatic hydroxyl groups is 4. The van der Waals surface area contributed by atoms with Crippen LogP contribution >= 0.6 is 0 Å². The maximum absolute atomic E-state index is 11.8. The van der Waals surface area contributed by atoms with Crippen LogP contribution in [0.3, 0.4) is 0 Å². The van der Waals surface area contributed by atoms with Crippen LogP contribution in [-0.4, -0.2) is 89.6 Å². The summed E-state index contributed by atoms with van der Waals surface area (Å²) in [5.74, 6) is -0.425. The summed E-state index contributed by atoms with van der Waals surface area (Å²) in [6, 6.07) is 0. The molecule has 1 aliphatic heterocycles. The molecule has 212 valence electrons. The summed E-state index contributed by atoms with van der Waals surface area (Å²) in [6.45, 7) is 3.66. The van der Waals surface area contributed by atoms with Gasteiger partial charge in [0.2, 0.25) is 0 Å². The minimum absolute atomic E-state index is 0.0946. The van der Waals surface area contributed by atoms with E-state index in [-0.39, 0.29) is 19.6 Å². The van der Waals surface area contributed by atoms with Crippen LogP contribution in [0.5, 0.6) is 0 Å². The zero-order valence-electron chi connectivity index (χ0n) is 22.2. The minimum atomic E-state index is -1.54. The van der Waals surface area contributed by atoms with Crippen molar-refractivity contribution in [2.75, 3.05) is 26.4 Å². The maximum Gasteiger partial charge on any atom is 0.305 e. The third kappa shape index (κ3) is 14.6. The van der Waals surface area contributed by atoms with Gasteiger partial charge in [-0.1, -0.05) is 62.5 Å². The molecule has 0 saturated carbocycles. The first-order valence-corrected chi connectivity index (χ1v) is 13.2. The van der Waals surface area contributed by atoms with Gasteiger partial charge < -0.3 is 39.4 Å². The first-order chi connectivity index (χ1) is 17.9. The molecule has 1 saturated heterocycles. The Morgan fingerprint density at radius 1 is 0.865 bits per heavy atom. The number of ether oxygens (including phenoxy) is 4. The van der Waals surface area contributed by atoms with E-state index in [1.54, 1.807) is 6.92 Å². The zero-order valence-corrected chi connectivity index (χ0v) is 22.2. The summed E-state index contributed by atoms with van der Waals surface area (Å²) in [5.41, 5.74) is 0. The largest absolute Gasteiger partial charge is 0.457 e. The third-order valence-corrected chi connectivity index (χ3v) is 5.56. The molecule has 0 amide bonds. The second-order valence-corrected chi connectivity index (χ2v) is 8.71. The predicted molar refractivity (Wildman–Crippen MR) is 141 cm³/mol. The fourth-order valence-corrected chi connectivity index (χ4v) is 3.41. The number of hydrogen-bond donors (Lipinski definition) is 4. The second kappa shape index (κ2) is 21.1. The highest BCUT2D eigenvalue weighted by molar-refractivity contribution is 5.69. The molecule has 37 heavy (non-hydrogen) atoms. The number of carbonyl (C=O) groups is 1. The van der Waals surface area contributed by atoms with Crippen molar-refractivity contribution in [3.63, 3.8) is 0 Å². The van der Waals surface area contributed by atoms with Gasteiger partial charge in [-0.3, -0.25) is 4.79 Å². The molecular weight excluding hydrogens is 480 g/mol. The molecule has 0 radical (unpaired) electrons. The standard InChI is InChI=1S/C28H46O9/c1-3-5-6-7-8-9-10-11-12-13-14-15-16-17-18-34-20-22(36-24(30)4-2)21-35-28-27(33)26(32)25(31)23(19-29)37-28/h5-6,8-9,11-12,14-15,22-23,25-29,31-33H,3-4,7,10,13,16-21H2,1-2H3/b6-5-,9-8-,12-11-,15-14-. The fourth-order valence-electron chi connectivity index (χ4n) is 3.41. The van der Waals surface area contributed by atoms with E-state index in [4.69, 9.17) is 18.9 Å². The monoisotopic (exact) mass is 526 g/mol. The van der Waals surface area contributed by atoms with Crippen LogP contribution in [0.1, 0.15) is 58.8 Å². The highest BCUT2D eigenvalue weighted by Gasteiger charge is 2.44. The molecule has 0 aliphatic carbocycles. The van der Waals surface area contributed by atoms with Crippen LogP contribution in [0, 0.1) is 0 Å². The van der Waals surface area contributed by atoms with Gasteiger partial charge in [0, 0.05) is 13.0 Å². The van der Waals surface area contributed by atoms with Crippen LogP contribution in [0.25, 0.3) is 0 Å². The van der Waals surface area contributed by atoms with E-state index in [0.29, 0.717) is 6.61 Å². The van der Waals surface area contributed by atoms with Gasteiger partial charge in [-0.15, -0.1) is 0 Å². The lowest BCUT2D eigenvalue weighted by molar-refractivity contribution is -0.305. The van der Waals surface area contributed by atoms with Crippen molar-refractivity contribution in [2.45, 2.75) is 95.6 Å². The van der Waals surface area contributed by atoms with Crippen molar-refractivity contribution < 1.29 is 44.2 Å². The molecule has 6 atom stereocenters. The van der Waals surface area contributed by atoms with E-state index < -0.39 is 49.4 Å². The van der Waals surface area contributed by atoms with E-state index >= 15 is 0 Å². The molecule has 6 unspecified atom stereocenters. The summed E-state index contributed by atoms with van der Waals surface area (Å²) >= 11 is 0. The molecule has 0 aromatic rings. The Kier molecular flexibility index (Phi) is 18.9. The Hall–Kier alpha value is -1.85. The Balaban J connectivity index is 2.28. The molecule has 1 rings (SSSR count). The highest BCUT2D eigenvalue weighted by atomic mass is 16.7. The minimum Gasteiger partial charge on any atom is -0.457 e. The van der Waals surface area contributed by atoms with Gasteiger partial charge in [0.1, 0.15) is 30.5 Å². The lowest BCUT2D eigenvalue weighted by Gasteiger charge is -2.39. The molecule has 4 N–H and O–H groups in total. The van der Waals surface area contributed by atoms with Crippen LogP contribution in [0.2, 0.25) is 0 Å². The van der Waals surface area contributed by atoms with Crippen molar-refractivity contribution in [1.29, 1.82) is 0 Å². The van der Waals surface area contributed by atoms with Crippen molar-refractivity contribution in [1.82, 2.24) is 0 Å². The smallest absolute Gasteiger partial charge is 0.305 e. The number of allylic oxidation sites excluding steroid dienone is 8. The Morgan fingerprint density at radius 2 is 1.49 bits per heavy atom. The molecule has 0 spiro atoms. The number of rotatable bonds is 19. The molecule has 0 aromatic heterocycles. The second-order valence-electron chi connectivity index (χ2n) is 8.71. The summed E-state index contributed by atoms with van der Waals surface area (Å²) in [5, 5.41) is 39.1. The van der Waals surface area contributed by atoms with E-state index in [1.807, 2.05) is 0 Å². The SMILES string of the molecule is CC/C=C\C/C=C\C/C=C\C/C=C\CCCOCC(COC1OC(CO)C(O)C(O)C1O)OC(=O)CC. The van der Waals surface area contributed by atoms with Crippen LogP contribution in [-0.2, 0) is 23.7 Å². The highest BCUT2D eigenvalue weighted by Crippen LogP contribution is 2.22. The Morgan fingerprint density at radius 3 is 2.08 bits per heavy atom. The average molecular weight is 527 g/mol. The van der Waals surface area contributed by atoms with Crippen molar-refractivity contribution >= 4 is 5.97 Å². The van der Waals surface area contributed by atoms with Gasteiger partial charge in [0.25, 0.3) is 0 Å². The zero-order chi connectivity index (χ0) is 27.3. The molecule has 0 aromatic carbocycles. The number of unbranched alkanes of at least 4 members (excludes halogenated alkanes) is 1. The normalized spacial score (nSPS) is 25.6. The summed E-state index contributed by atoms with van der Waals surface area (Å²) < 4.78 is 21.8. The lowest BCUT2D eigenvalue weighted by atomic mass is 9.99. The average Bonchev–Trinajstić information content (AvgIpc) is 2.90. The topological polar surface area (TPSA) is 135 Å². The van der Waals surface area contributed by atoms with Gasteiger partial charge in [0.05, 0.1) is 19.8 Å². The quantitative estimate of drug-likeness (QED) is 0.114. The molecule has 9 heteroatoms. The first-order valence-electron chi connectivity index (χ1n) is 13.2. The summed E-state index contributed by atoms with van der Waals surface area (Å²) in [6.07, 6.45) is 15.3. The van der Waals surface area contributed by atoms with Gasteiger partial charge in [0.15, 0.2) is 6.29 Å². The molecular formula is C28H46O9. The molecule has 0 bridgehead atoms. The van der Waals surface area contributed by atoms with E-state index in [1.165, 1.54) is 0 Å². The van der Waals surface area contributed by atoms with Gasteiger partial charge in [-0.2, -0.15) is 0 Å². The number of hydrogen-bond acceptors (Lipinski definition) is 9. The summed E-state index contributed by atoms with van der Waals surface area (Å²) in [7, 11) is 0. The van der Waals surface area contributed by atoms with Crippen molar-refractivity contribution in [2.24, 2.45) is 0 Å². The third-order valence-electron chi connectivity index (χ3n) is 5.56. The van der Waals surface area contributed by atoms with Gasteiger partial charge >= 0.3 is 5.97 Å². The van der Waals surface area contributed by atoms with E-state index in [2.05, 4.69) is 55.5 Å². The van der Waals surface area contributed by atoms with Crippen molar-refractivity contribution in [3.8, 4) is 0 Å². The van der Waals surface area contributed by atoms with E-state index in [0.717, 1.165) is 38.5 Å². The van der Waals surface area contributed by atoms with Crippen LogP contribution in [0.15, 0.2) is 48.6 Å². The van der Waals surface area contributed by atoms with Gasteiger partial charge in [-0.25, -0.2) is 0 Å². The van der Waals surface area contributed by atoms with E-state index in [9.17, 15) is 25.2 Å². The predicted octanol–water partition coefficient (Wildman–Crippen LogP) is 2.73. The Labute approximate surface area is 221 Å². The molecule has 1 aliphatic rings. The molecule has 9 nitrogen and oxygen atoms in total. The molecule has 1 heterocycles. The number of aliphatic hydroxyl groups excluding tert-OH is 4. The Bertz CT molecular complexity index is 702. The van der Waals surface area contributed by atoms with Crippen molar-refractivity contribution in [3.05, 3.63) is 48.6 Å². The summed E-state index contributed by atoms with van der Waals surface area (Å²) in [4.78, 5) is 11.8.